The van der Waals surface area contributed by atoms with Gasteiger partial charge in [0.2, 0.25) is 0 Å². The first-order chi connectivity index (χ1) is 7.02. The maximum Gasteiger partial charge on any atom is -0.00461 e. The van der Waals surface area contributed by atoms with Gasteiger partial charge in [-0.05, 0) is 43.7 Å². The van der Waals surface area contributed by atoms with Crippen LogP contribution in [0.25, 0.3) is 0 Å². The van der Waals surface area contributed by atoms with E-state index in [1.807, 2.05) is 0 Å². The van der Waals surface area contributed by atoms with Gasteiger partial charge < -0.3 is 5.32 Å². The summed E-state index contributed by atoms with van der Waals surface area (Å²) >= 11 is 0. The number of unbranched alkanes of at least 4 members (excludes halogenated alkanes) is 1. The van der Waals surface area contributed by atoms with Crippen molar-refractivity contribution in [1.82, 2.24) is 5.32 Å². The highest BCUT2D eigenvalue weighted by molar-refractivity contribution is 4.74. The van der Waals surface area contributed by atoms with Gasteiger partial charge in [-0.3, -0.25) is 0 Å². The first-order valence-electron chi connectivity index (χ1n) is 6.73. The fourth-order valence-electron chi connectivity index (χ4n) is 2.04. The Morgan fingerprint density at radius 3 is 2.07 bits per heavy atom. The molecule has 0 aliphatic heterocycles. The lowest BCUT2D eigenvalue weighted by Gasteiger charge is -2.31. The lowest BCUT2D eigenvalue weighted by atomic mass is 9.76. The quantitative estimate of drug-likeness (QED) is 0.595. The van der Waals surface area contributed by atoms with Crippen LogP contribution in [0.5, 0.6) is 0 Å². The molecule has 1 unspecified atom stereocenters. The van der Waals surface area contributed by atoms with Crippen LogP contribution in [0.1, 0.15) is 66.7 Å². The summed E-state index contributed by atoms with van der Waals surface area (Å²) in [5.41, 5.74) is 0.475. The number of rotatable bonds is 8. The Balaban J connectivity index is 3.81. The number of nitrogens with one attached hydrogen (secondary N) is 1. The fraction of sp³-hybridized carbons (Fsp3) is 1.00. The second-order valence-corrected chi connectivity index (χ2v) is 5.74. The monoisotopic (exact) mass is 213 g/mol. The van der Waals surface area contributed by atoms with Crippen LogP contribution in [-0.2, 0) is 0 Å². The van der Waals surface area contributed by atoms with Gasteiger partial charge in [-0.15, -0.1) is 0 Å². The zero-order valence-electron chi connectivity index (χ0n) is 11.5. The van der Waals surface area contributed by atoms with Crippen molar-refractivity contribution in [1.29, 1.82) is 0 Å². The summed E-state index contributed by atoms with van der Waals surface area (Å²) in [7, 11) is 0. The van der Waals surface area contributed by atoms with Gasteiger partial charge in [0.15, 0.2) is 0 Å². The van der Waals surface area contributed by atoms with Crippen molar-refractivity contribution in [3.8, 4) is 0 Å². The predicted molar refractivity (Wildman–Crippen MR) is 70.2 cm³/mol. The Labute approximate surface area is 97.0 Å². The molecule has 0 aliphatic rings. The van der Waals surface area contributed by atoms with Crippen LogP contribution < -0.4 is 5.32 Å². The van der Waals surface area contributed by atoms with Crippen LogP contribution in [0, 0.1) is 11.3 Å². The Morgan fingerprint density at radius 2 is 1.60 bits per heavy atom. The third kappa shape index (κ3) is 7.84. The number of hydrogen-bond acceptors (Lipinski definition) is 1. The van der Waals surface area contributed by atoms with Crippen molar-refractivity contribution >= 4 is 0 Å². The topological polar surface area (TPSA) is 12.0 Å². The predicted octanol–water partition coefficient (Wildman–Crippen LogP) is 4.23. The molecule has 0 aromatic carbocycles. The van der Waals surface area contributed by atoms with Gasteiger partial charge in [0.1, 0.15) is 0 Å². The van der Waals surface area contributed by atoms with Crippen molar-refractivity contribution in [2.75, 3.05) is 13.1 Å². The SMILES string of the molecule is CCCCC(CCNCCC)C(C)(C)C. The zero-order valence-corrected chi connectivity index (χ0v) is 11.5. The average Bonchev–Trinajstić information content (AvgIpc) is 2.15. The molecular weight excluding hydrogens is 182 g/mol. The van der Waals surface area contributed by atoms with Crippen molar-refractivity contribution in [2.24, 2.45) is 11.3 Å². The summed E-state index contributed by atoms with van der Waals surface area (Å²) in [6.07, 6.45) is 6.69. The highest BCUT2D eigenvalue weighted by atomic mass is 14.8. The minimum atomic E-state index is 0.475. The highest BCUT2D eigenvalue weighted by Gasteiger charge is 2.23. The third-order valence-corrected chi connectivity index (χ3v) is 3.23. The van der Waals surface area contributed by atoms with Gasteiger partial charge in [0.05, 0.1) is 0 Å². The molecule has 0 heterocycles. The first-order valence-corrected chi connectivity index (χ1v) is 6.73. The van der Waals surface area contributed by atoms with E-state index in [1.54, 1.807) is 0 Å². The summed E-state index contributed by atoms with van der Waals surface area (Å²) in [5.74, 6) is 0.877. The van der Waals surface area contributed by atoms with Crippen LogP contribution in [0.3, 0.4) is 0 Å². The molecule has 0 radical (unpaired) electrons. The molecule has 1 heteroatoms. The second-order valence-electron chi connectivity index (χ2n) is 5.74. The van der Waals surface area contributed by atoms with Crippen molar-refractivity contribution < 1.29 is 0 Å². The van der Waals surface area contributed by atoms with Gasteiger partial charge in [-0.1, -0.05) is 47.5 Å². The second kappa shape index (κ2) is 8.15. The Kier molecular flexibility index (Phi) is 8.13. The Morgan fingerprint density at radius 1 is 0.933 bits per heavy atom. The van der Waals surface area contributed by atoms with E-state index in [0.717, 1.165) is 5.92 Å². The maximum atomic E-state index is 3.51. The third-order valence-electron chi connectivity index (χ3n) is 3.23. The van der Waals surface area contributed by atoms with E-state index in [-0.39, 0.29) is 0 Å². The van der Waals surface area contributed by atoms with E-state index in [0.29, 0.717) is 5.41 Å². The smallest absolute Gasteiger partial charge is 0.00461 e. The summed E-state index contributed by atoms with van der Waals surface area (Å²) in [6, 6.07) is 0. The molecule has 0 rings (SSSR count). The molecule has 1 nitrogen and oxygen atoms in total. The molecule has 0 fully saturated rings. The van der Waals surface area contributed by atoms with Gasteiger partial charge in [0.25, 0.3) is 0 Å². The molecule has 1 N–H and O–H groups in total. The molecule has 15 heavy (non-hydrogen) atoms. The van der Waals surface area contributed by atoms with E-state index < -0.39 is 0 Å². The van der Waals surface area contributed by atoms with Crippen LogP contribution in [0.2, 0.25) is 0 Å². The van der Waals surface area contributed by atoms with E-state index in [2.05, 4.69) is 39.9 Å². The van der Waals surface area contributed by atoms with Crippen LogP contribution in [-0.4, -0.2) is 13.1 Å². The van der Waals surface area contributed by atoms with E-state index in [4.69, 9.17) is 0 Å². The highest BCUT2D eigenvalue weighted by Crippen LogP contribution is 2.32. The minimum absolute atomic E-state index is 0.475. The molecule has 0 saturated carbocycles. The Bertz CT molecular complexity index is 135. The molecule has 0 spiro atoms. The summed E-state index contributed by atoms with van der Waals surface area (Å²) in [4.78, 5) is 0. The van der Waals surface area contributed by atoms with Gasteiger partial charge >= 0.3 is 0 Å². The standard InChI is InChI=1S/C14H31N/c1-6-8-9-13(14(3,4)5)10-12-15-11-7-2/h13,15H,6-12H2,1-5H3. The normalized spacial score (nSPS) is 14.2. The maximum absolute atomic E-state index is 3.51. The summed E-state index contributed by atoms with van der Waals surface area (Å²) in [5, 5.41) is 3.51. The molecular formula is C14H31N. The molecule has 92 valence electrons. The lowest BCUT2D eigenvalue weighted by Crippen LogP contribution is -2.26. The van der Waals surface area contributed by atoms with Gasteiger partial charge in [0, 0.05) is 0 Å². The van der Waals surface area contributed by atoms with Gasteiger partial charge in [-0.2, -0.15) is 0 Å². The van der Waals surface area contributed by atoms with Crippen molar-refractivity contribution in [3.05, 3.63) is 0 Å². The molecule has 0 bridgehead atoms. The van der Waals surface area contributed by atoms with Crippen molar-refractivity contribution in [3.63, 3.8) is 0 Å². The largest absolute Gasteiger partial charge is 0.317 e. The summed E-state index contributed by atoms with van der Waals surface area (Å²) < 4.78 is 0. The van der Waals surface area contributed by atoms with Crippen LogP contribution >= 0.6 is 0 Å². The average molecular weight is 213 g/mol. The van der Waals surface area contributed by atoms with Gasteiger partial charge in [-0.25, -0.2) is 0 Å². The van der Waals surface area contributed by atoms with E-state index in [9.17, 15) is 0 Å². The van der Waals surface area contributed by atoms with E-state index >= 15 is 0 Å². The molecule has 0 aromatic rings. The number of hydrogen-bond donors (Lipinski definition) is 1. The Hall–Kier alpha value is -0.0400. The van der Waals surface area contributed by atoms with Crippen LogP contribution in [0.15, 0.2) is 0 Å². The summed E-state index contributed by atoms with van der Waals surface area (Å²) in [6.45, 7) is 14.0. The van der Waals surface area contributed by atoms with Crippen LogP contribution in [0.4, 0.5) is 0 Å². The molecule has 0 aromatic heterocycles. The minimum Gasteiger partial charge on any atom is -0.317 e. The molecule has 0 saturated heterocycles. The van der Waals surface area contributed by atoms with E-state index in [1.165, 1.54) is 45.2 Å². The zero-order chi connectivity index (χ0) is 11.7. The first kappa shape index (κ1) is 15.0. The molecule has 1 atom stereocenters. The fourth-order valence-corrected chi connectivity index (χ4v) is 2.04. The molecule has 0 amide bonds. The van der Waals surface area contributed by atoms with Crippen molar-refractivity contribution in [2.45, 2.75) is 66.7 Å². The lowest BCUT2D eigenvalue weighted by molar-refractivity contribution is 0.206. The molecule has 0 aliphatic carbocycles.